The van der Waals surface area contributed by atoms with E-state index in [4.69, 9.17) is 26.6 Å². The summed E-state index contributed by atoms with van der Waals surface area (Å²) in [6.07, 6.45) is 3.33. The molecule has 0 saturated carbocycles. The Hall–Kier alpha value is -3.17. The number of hydrogen-bond donors (Lipinski definition) is 1. The highest BCUT2D eigenvalue weighted by Crippen LogP contribution is 2.33. The standard InChI is InChI=1S/C20H17ClN4O2/c21-8-1-2-10-26-20-12-18-17(11-14(20)13-22)19(7-9-24-18)27-16-5-3-15(25-23)4-6-16/h3-7,9,11-12,23H,1-2,8,10H2. The van der Waals surface area contributed by atoms with Crippen molar-refractivity contribution in [1.82, 2.24) is 4.98 Å². The number of nitrogens with one attached hydrogen (secondary N) is 1. The molecule has 0 bridgehead atoms. The molecule has 136 valence electrons. The van der Waals surface area contributed by atoms with Crippen molar-refractivity contribution in [2.75, 3.05) is 12.5 Å². The Morgan fingerprint density at radius 3 is 2.63 bits per heavy atom. The van der Waals surface area contributed by atoms with Crippen molar-refractivity contribution in [3.05, 3.63) is 54.2 Å². The zero-order valence-corrected chi connectivity index (χ0v) is 15.2. The molecular formula is C20H17ClN4O2. The van der Waals surface area contributed by atoms with Crippen molar-refractivity contribution < 1.29 is 9.47 Å². The van der Waals surface area contributed by atoms with E-state index < -0.39 is 0 Å². The van der Waals surface area contributed by atoms with E-state index in [9.17, 15) is 5.26 Å². The number of halogens is 1. The number of rotatable bonds is 8. The van der Waals surface area contributed by atoms with Crippen LogP contribution in [0.15, 0.2) is 53.8 Å². The lowest BCUT2D eigenvalue weighted by Gasteiger charge is -2.12. The number of aromatic nitrogens is 1. The number of alkyl halides is 1. The molecule has 0 spiro atoms. The van der Waals surface area contributed by atoms with Crippen molar-refractivity contribution >= 4 is 28.2 Å². The molecule has 2 aromatic carbocycles. The largest absolute Gasteiger partial charge is 0.492 e. The Morgan fingerprint density at radius 2 is 1.93 bits per heavy atom. The van der Waals surface area contributed by atoms with Gasteiger partial charge in [0.1, 0.15) is 23.3 Å². The van der Waals surface area contributed by atoms with Gasteiger partial charge in [-0.15, -0.1) is 11.6 Å². The SMILES string of the molecule is N#Cc1cc2c(Oc3ccc(N=N)cc3)ccnc2cc1OCCCCCl. The van der Waals surface area contributed by atoms with Gasteiger partial charge in [0.15, 0.2) is 0 Å². The van der Waals surface area contributed by atoms with Gasteiger partial charge in [-0.3, -0.25) is 4.98 Å². The molecule has 1 N–H and O–H groups in total. The van der Waals surface area contributed by atoms with Crippen molar-refractivity contribution in [2.45, 2.75) is 12.8 Å². The van der Waals surface area contributed by atoms with Gasteiger partial charge in [-0.2, -0.15) is 10.4 Å². The van der Waals surface area contributed by atoms with Crippen LogP contribution >= 0.6 is 11.6 Å². The fourth-order valence-electron chi connectivity index (χ4n) is 2.54. The van der Waals surface area contributed by atoms with E-state index in [-0.39, 0.29) is 0 Å². The Bertz CT molecular complexity index is 984. The average Bonchev–Trinajstić information content (AvgIpc) is 2.71. The van der Waals surface area contributed by atoms with E-state index in [1.54, 1.807) is 48.7 Å². The number of pyridine rings is 1. The minimum atomic E-state index is 0.426. The predicted octanol–water partition coefficient (Wildman–Crippen LogP) is 5.96. The van der Waals surface area contributed by atoms with Crippen LogP contribution in [-0.2, 0) is 0 Å². The van der Waals surface area contributed by atoms with Gasteiger partial charge in [0.2, 0.25) is 0 Å². The van der Waals surface area contributed by atoms with Crippen LogP contribution in [0.5, 0.6) is 17.2 Å². The molecule has 1 heterocycles. The second-order valence-corrected chi connectivity index (χ2v) is 6.12. The van der Waals surface area contributed by atoms with Gasteiger partial charge >= 0.3 is 0 Å². The molecule has 0 unspecified atom stereocenters. The quantitative estimate of drug-likeness (QED) is 0.296. The van der Waals surface area contributed by atoms with Gasteiger partial charge in [0.25, 0.3) is 0 Å². The normalized spacial score (nSPS) is 10.4. The zero-order chi connectivity index (χ0) is 19.1. The van der Waals surface area contributed by atoms with Crippen molar-refractivity contribution in [1.29, 1.82) is 10.8 Å². The van der Waals surface area contributed by atoms with Crippen LogP contribution in [0.4, 0.5) is 5.69 Å². The molecule has 0 aliphatic carbocycles. The third-order valence-corrected chi connectivity index (χ3v) is 4.17. The minimum absolute atomic E-state index is 0.426. The molecular weight excluding hydrogens is 364 g/mol. The van der Waals surface area contributed by atoms with Crippen molar-refractivity contribution in [2.24, 2.45) is 5.11 Å². The lowest BCUT2D eigenvalue weighted by atomic mass is 10.1. The highest BCUT2D eigenvalue weighted by atomic mass is 35.5. The van der Waals surface area contributed by atoms with E-state index in [2.05, 4.69) is 16.2 Å². The summed E-state index contributed by atoms with van der Waals surface area (Å²) in [5.74, 6) is 2.28. The number of benzene rings is 2. The number of unbranched alkanes of at least 4 members (excludes halogenated alkanes) is 1. The topological polar surface area (TPSA) is 91.3 Å². The molecule has 27 heavy (non-hydrogen) atoms. The number of fused-ring (bicyclic) bond motifs is 1. The molecule has 0 saturated heterocycles. The molecule has 3 aromatic rings. The molecule has 0 fully saturated rings. The van der Waals surface area contributed by atoms with Crippen LogP contribution in [-0.4, -0.2) is 17.5 Å². The first-order valence-corrected chi connectivity index (χ1v) is 8.95. The van der Waals surface area contributed by atoms with E-state index >= 15 is 0 Å². The predicted molar refractivity (Wildman–Crippen MR) is 103 cm³/mol. The van der Waals surface area contributed by atoms with Gasteiger partial charge in [0.05, 0.1) is 23.4 Å². The summed E-state index contributed by atoms with van der Waals surface area (Å²) in [6.45, 7) is 0.497. The molecule has 6 nitrogen and oxygen atoms in total. The highest BCUT2D eigenvalue weighted by molar-refractivity contribution is 6.17. The number of ether oxygens (including phenoxy) is 2. The fraction of sp³-hybridized carbons (Fsp3) is 0.200. The summed E-state index contributed by atoms with van der Waals surface area (Å²) in [6, 6.07) is 14.2. The Balaban J connectivity index is 1.90. The van der Waals surface area contributed by atoms with E-state index in [0.717, 1.165) is 18.2 Å². The smallest absolute Gasteiger partial charge is 0.139 e. The number of nitriles is 1. The first-order chi connectivity index (χ1) is 13.2. The Morgan fingerprint density at radius 1 is 1.11 bits per heavy atom. The first kappa shape index (κ1) is 18.6. The summed E-state index contributed by atoms with van der Waals surface area (Å²) < 4.78 is 11.7. The molecule has 3 rings (SSSR count). The number of hydrogen-bond acceptors (Lipinski definition) is 6. The fourth-order valence-corrected chi connectivity index (χ4v) is 2.73. The van der Waals surface area contributed by atoms with Gasteiger partial charge in [-0.05, 0) is 49.2 Å². The van der Waals surface area contributed by atoms with Crippen LogP contribution in [0.25, 0.3) is 10.9 Å². The van der Waals surface area contributed by atoms with Gasteiger partial charge in [-0.1, -0.05) is 0 Å². The van der Waals surface area contributed by atoms with Crippen LogP contribution in [0.1, 0.15) is 18.4 Å². The maximum atomic E-state index is 9.48. The van der Waals surface area contributed by atoms with Gasteiger partial charge in [0, 0.05) is 23.5 Å². The molecule has 1 aromatic heterocycles. The van der Waals surface area contributed by atoms with Crippen molar-refractivity contribution in [3.8, 4) is 23.3 Å². The molecule has 0 aliphatic rings. The second-order valence-electron chi connectivity index (χ2n) is 5.74. The summed E-state index contributed by atoms with van der Waals surface area (Å²) in [7, 11) is 0. The molecule has 0 radical (unpaired) electrons. The first-order valence-electron chi connectivity index (χ1n) is 8.42. The van der Waals surface area contributed by atoms with Crippen LogP contribution in [0.2, 0.25) is 0 Å². The van der Waals surface area contributed by atoms with Crippen LogP contribution in [0.3, 0.4) is 0 Å². The highest BCUT2D eigenvalue weighted by Gasteiger charge is 2.11. The van der Waals surface area contributed by atoms with Crippen molar-refractivity contribution in [3.63, 3.8) is 0 Å². The monoisotopic (exact) mass is 380 g/mol. The third-order valence-electron chi connectivity index (χ3n) is 3.90. The molecule has 0 amide bonds. The third kappa shape index (κ3) is 4.52. The maximum Gasteiger partial charge on any atom is 0.139 e. The Kier molecular flexibility index (Phi) is 6.18. The lowest BCUT2D eigenvalue weighted by molar-refractivity contribution is 0.309. The maximum absolute atomic E-state index is 9.48. The summed E-state index contributed by atoms with van der Waals surface area (Å²) in [5, 5.41) is 13.6. The lowest BCUT2D eigenvalue weighted by Crippen LogP contribution is -2.00. The average molecular weight is 381 g/mol. The van der Waals surface area contributed by atoms with Gasteiger partial charge in [-0.25, -0.2) is 5.53 Å². The van der Waals surface area contributed by atoms with E-state index in [0.29, 0.717) is 46.5 Å². The zero-order valence-electron chi connectivity index (χ0n) is 14.5. The molecule has 0 aliphatic heterocycles. The minimum Gasteiger partial charge on any atom is -0.492 e. The number of nitrogens with zero attached hydrogens (tertiary/aromatic N) is 3. The Labute approximate surface area is 161 Å². The second kappa shape index (κ2) is 8.97. The summed E-state index contributed by atoms with van der Waals surface area (Å²) in [5.41, 5.74) is 8.66. The molecule has 0 atom stereocenters. The van der Waals surface area contributed by atoms with E-state index in [1.807, 2.05) is 0 Å². The summed E-state index contributed by atoms with van der Waals surface area (Å²) >= 11 is 5.67. The van der Waals surface area contributed by atoms with Crippen LogP contribution in [0, 0.1) is 16.9 Å². The summed E-state index contributed by atoms with van der Waals surface area (Å²) in [4.78, 5) is 4.36. The van der Waals surface area contributed by atoms with Gasteiger partial charge < -0.3 is 9.47 Å². The van der Waals surface area contributed by atoms with Crippen LogP contribution < -0.4 is 9.47 Å². The van der Waals surface area contributed by atoms with E-state index in [1.165, 1.54) is 0 Å². The molecule has 7 heteroatoms.